The Balaban J connectivity index is 2.40. The molecule has 0 fully saturated rings. The molecule has 1 amide bonds. The lowest BCUT2D eigenvalue weighted by Gasteiger charge is -2.12. The number of nitrogens with one attached hydrogen (secondary N) is 1. The number of rotatable bonds is 3. The highest BCUT2D eigenvalue weighted by molar-refractivity contribution is 14.1. The maximum Gasteiger partial charge on any atom is 0.248 e. The van der Waals surface area contributed by atoms with Crippen LogP contribution >= 0.6 is 34.2 Å². The van der Waals surface area contributed by atoms with Crippen molar-refractivity contribution in [3.63, 3.8) is 0 Å². The zero-order valence-electron chi connectivity index (χ0n) is 9.78. The third-order valence-electron chi connectivity index (χ3n) is 2.54. The molecule has 0 aromatic heterocycles. The fourth-order valence-electron chi connectivity index (χ4n) is 1.56. The highest BCUT2D eigenvalue weighted by Crippen LogP contribution is 2.30. The summed E-state index contributed by atoms with van der Waals surface area (Å²) in [7, 11) is 0. The number of carbonyl (C=O) groups is 1. The van der Waals surface area contributed by atoms with Crippen molar-refractivity contribution in [2.45, 2.75) is 0 Å². The van der Waals surface area contributed by atoms with Gasteiger partial charge >= 0.3 is 0 Å². The van der Waals surface area contributed by atoms with Crippen LogP contribution < -0.4 is 16.8 Å². The fourth-order valence-corrected chi connectivity index (χ4v) is 2.21. The molecule has 2 rings (SSSR count). The number of nitrogen functional groups attached to an aromatic ring is 1. The molecule has 2 aromatic carbocycles. The molecule has 4 nitrogen and oxygen atoms in total. The molecule has 0 unspecified atom stereocenters. The first-order valence-corrected chi connectivity index (χ1v) is 6.84. The topological polar surface area (TPSA) is 81.1 Å². The van der Waals surface area contributed by atoms with E-state index in [1.807, 2.05) is 12.1 Å². The average Bonchev–Trinajstić information content (AvgIpc) is 2.36. The van der Waals surface area contributed by atoms with Crippen LogP contribution in [0.3, 0.4) is 0 Å². The predicted molar refractivity (Wildman–Crippen MR) is 86.8 cm³/mol. The van der Waals surface area contributed by atoms with Gasteiger partial charge in [0.15, 0.2) is 0 Å². The van der Waals surface area contributed by atoms with Gasteiger partial charge in [0.25, 0.3) is 0 Å². The highest BCUT2D eigenvalue weighted by atomic mass is 127. The largest absolute Gasteiger partial charge is 0.397 e. The third kappa shape index (κ3) is 3.30. The van der Waals surface area contributed by atoms with Crippen LogP contribution in [0.1, 0.15) is 10.4 Å². The van der Waals surface area contributed by atoms with Crippen molar-refractivity contribution in [2.75, 3.05) is 11.1 Å². The molecule has 0 aliphatic rings. The standard InChI is InChI=1S/C13H11ClIN3O/c14-9-3-2-8(15)6-11(9)18-12-5-7(13(17)19)1-4-10(12)16/h1-6,18H,16H2,(H2,17,19). The molecule has 0 atom stereocenters. The Kier molecular flexibility index (Phi) is 4.16. The Morgan fingerprint density at radius 3 is 2.58 bits per heavy atom. The normalized spacial score (nSPS) is 10.2. The zero-order chi connectivity index (χ0) is 14.0. The summed E-state index contributed by atoms with van der Waals surface area (Å²) < 4.78 is 1.04. The summed E-state index contributed by atoms with van der Waals surface area (Å²) in [5, 5.41) is 3.68. The van der Waals surface area contributed by atoms with Crippen LogP contribution in [0.25, 0.3) is 0 Å². The quantitative estimate of drug-likeness (QED) is 0.558. The fraction of sp³-hybridized carbons (Fsp3) is 0. The Hall–Kier alpha value is -1.47. The average molecular weight is 388 g/mol. The Labute approximate surface area is 129 Å². The molecule has 0 radical (unpaired) electrons. The van der Waals surface area contributed by atoms with E-state index in [0.717, 1.165) is 9.26 Å². The zero-order valence-corrected chi connectivity index (χ0v) is 12.7. The summed E-state index contributed by atoms with van der Waals surface area (Å²) in [4.78, 5) is 11.2. The number of benzene rings is 2. The van der Waals surface area contributed by atoms with Crippen LogP contribution in [0.5, 0.6) is 0 Å². The highest BCUT2D eigenvalue weighted by Gasteiger charge is 2.07. The first-order valence-electron chi connectivity index (χ1n) is 5.39. The minimum Gasteiger partial charge on any atom is -0.397 e. The van der Waals surface area contributed by atoms with Gasteiger partial charge in [-0.2, -0.15) is 0 Å². The molecule has 5 N–H and O–H groups in total. The van der Waals surface area contributed by atoms with Crippen molar-refractivity contribution in [2.24, 2.45) is 5.73 Å². The number of halogens is 2. The number of hydrogen-bond acceptors (Lipinski definition) is 3. The summed E-state index contributed by atoms with van der Waals surface area (Å²) in [5.74, 6) is -0.503. The van der Waals surface area contributed by atoms with Gasteiger partial charge in [0.1, 0.15) is 0 Å². The van der Waals surface area contributed by atoms with Gasteiger partial charge < -0.3 is 16.8 Å². The first kappa shape index (κ1) is 14.0. The second-order valence-electron chi connectivity index (χ2n) is 3.92. The number of amides is 1. The molecule has 2 aromatic rings. The van der Waals surface area contributed by atoms with Crippen molar-refractivity contribution in [1.29, 1.82) is 0 Å². The number of primary amides is 1. The molecule has 0 saturated carbocycles. The third-order valence-corrected chi connectivity index (χ3v) is 3.54. The van der Waals surface area contributed by atoms with E-state index < -0.39 is 5.91 Å². The van der Waals surface area contributed by atoms with Gasteiger partial charge in [0.05, 0.1) is 22.1 Å². The summed E-state index contributed by atoms with van der Waals surface area (Å²) in [6, 6.07) is 10.4. The molecule has 0 aliphatic heterocycles. The van der Waals surface area contributed by atoms with E-state index in [9.17, 15) is 4.79 Å². The maximum atomic E-state index is 11.2. The Morgan fingerprint density at radius 1 is 1.16 bits per heavy atom. The van der Waals surface area contributed by atoms with Gasteiger partial charge in [-0.1, -0.05) is 11.6 Å². The molecule has 0 saturated heterocycles. The minimum absolute atomic E-state index is 0.387. The molecule has 6 heteroatoms. The minimum atomic E-state index is -0.503. The number of carbonyl (C=O) groups excluding carboxylic acids is 1. The van der Waals surface area contributed by atoms with E-state index in [0.29, 0.717) is 22.0 Å². The van der Waals surface area contributed by atoms with Crippen molar-refractivity contribution in [1.82, 2.24) is 0 Å². The molecule has 19 heavy (non-hydrogen) atoms. The molecule has 0 bridgehead atoms. The van der Waals surface area contributed by atoms with E-state index >= 15 is 0 Å². The lowest BCUT2D eigenvalue weighted by atomic mass is 10.1. The molecule has 98 valence electrons. The molecule has 0 spiro atoms. The Bertz CT molecular complexity index is 646. The van der Waals surface area contributed by atoms with Gasteiger partial charge in [-0.15, -0.1) is 0 Å². The number of hydrogen-bond donors (Lipinski definition) is 3. The molecular formula is C13H11ClIN3O. The van der Waals surface area contributed by atoms with Crippen molar-refractivity contribution >= 4 is 57.2 Å². The van der Waals surface area contributed by atoms with Crippen LogP contribution in [-0.4, -0.2) is 5.91 Å². The van der Waals surface area contributed by atoms with Crippen molar-refractivity contribution in [3.8, 4) is 0 Å². The lowest BCUT2D eigenvalue weighted by Crippen LogP contribution is -2.11. The van der Waals surface area contributed by atoms with Crippen LogP contribution in [0.2, 0.25) is 5.02 Å². The first-order chi connectivity index (χ1) is 8.97. The molecule has 0 aliphatic carbocycles. The second-order valence-corrected chi connectivity index (χ2v) is 5.57. The Morgan fingerprint density at radius 2 is 1.89 bits per heavy atom. The van der Waals surface area contributed by atoms with Gasteiger partial charge in [-0.25, -0.2) is 0 Å². The number of nitrogens with two attached hydrogens (primary N) is 2. The SMILES string of the molecule is NC(=O)c1ccc(N)c(Nc2cc(I)ccc2Cl)c1. The summed E-state index contributed by atoms with van der Waals surface area (Å²) >= 11 is 8.29. The van der Waals surface area contributed by atoms with Gasteiger partial charge in [-0.05, 0) is 59.0 Å². The van der Waals surface area contributed by atoms with Crippen LogP contribution in [0, 0.1) is 3.57 Å². The maximum absolute atomic E-state index is 11.2. The number of anilines is 3. The molecular weight excluding hydrogens is 377 g/mol. The summed E-state index contributed by atoms with van der Waals surface area (Å²) in [6.07, 6.45) is 0. The van der Waals surface area contributed by atoms with Gasteiger partial charge in [0.2, 0.25) is 5.91 Å². The lowest BCUT2D eigenvalue weighted by molar-refractivity contribution is 0.100. The second kappa shape index (κ2) is 5.66. The van der Waals surface area contributed by atoms with Crippen LogP contribution in [0.15, 0.2) is 36.4 Å². The predicted octanol–water partition coefficient (Wildman–Crippen LogP) is 3.37. The van der Waals surface area contributed by atoms with Crippen molar-refractivity contribution < 1.29 is 4.79 Å². The van der Waals surface area contributed by atoms with Gasteiger partial charge in [0, 0.05) is 9.13 Å². The van der Waals surface area contributed by atoms with E-state index in [1.165, 1.54) is 0 Å². The smallest absolute Gasteiger partial charge is 0.248 e. The van der Waals surface area contributed by atoms with Crippen LogP contribution in [0.4, 0.5) is 17.1 Å². The van der Waals surface area contributed by atoms with Gasteiger partial charge in [-0.3, -0.25) is 4.79 Å². The van der Waals surface area contributed by atoms with E-state index in [1.54, 1.807) is 24.3 Å². The van der Waals surface area contributed by atoms with Crippen molar-refractivity contribution in [3.05, 3.63) is 50.6 Å². The van der Waals surface area contributed by atoms with Crippen LogP contribution in [-0.2, 0) is 0 Å². The molecule has 0 heterocycles. The van der Waals surface area contributed by atoms with E-state index in [2.05, 4.69) is 27.9 Å². The van der Waals surface area contributed by atoms with E-state index in [4.69, 9.17) is 23.1 Å². The summed E-state index contributed by atoms with van der Waals surface area (Å²) in [6.45, 7) is 0. The van der Waals surface area contributed by atoms with E-state index in [-0.39, 0.29) is 0 Å². The summed E-state index contributed by atoms with van der Waals surface area (Å²) in [5.41, 5.74) is 13.3. The monoisotopic (exact) mass is 387 g/mol.